The number of benzene rings is 1. The van der Waals surface area contributed by atoms with Gasteiger partial charge in [0, 0.05) is 22.2 Å². The van der Waals surface area contributed by atoms with Gasteiger partial charge >= 0.3 is 8.25 Å². The van der Waals surface area contributed by atoms with E-state index in [1.807, 2.05) is 18.0 Å². The second kappa shape index (κ2) is 13.1. The van der Waals surface area contributed by atoms with Crippen LogP contribution in [0.4, 0.5) is 0 Å². The average molecular weight is 436 g/mol. The van der Waals surface area contributed by atoms with E-state index in [9.17, 15) is 4.57 Å². The number of thioether (sulfide) groups is 1. The molecule has 0 aliphatic carbocycles. The number of unbranched alkanes of at least 4 members (excludes halogenated alkanes) is 1. The highest BCUT2D eigenvalue weighted by Gasteiger charge is 2.19. The molecule has 2 N–H and O–H groups in total. The third-order valence-corrected chi connectivity index (χ3v) is 6.29. The van der Waals surface area contributed by atoms with Gasteiger partial charge in [0.1, 0.15) is 6.61 Å². The van der Waals surface area contributed by atoms with Crippen molar-refractivity contribution < 1.29 is 14.0 Å². The summed E-state index contributed by atoms with van der Waals surface area (Å²) in [7, 11) is -2.49. The molecule has 0 fully saturated rings. The van der Waals surface area contributed by atoms with E-state index in [0.717, 1.165) is 18.0 Å². The molecule has 1 aromatic carbocycles. The molecule has 0 spiro atoms. The summed E-state index contributed by atoms with van der Waals surface area (Å²) in [6.45, 7) is 6.34. The molecular weight excluding hydrogens is 403 g/mol. The van der Waals surface area contributed by atoms with Gasteiger partial charge in [0.25, 0.3) is 0 Å². The lowest BCUT2D eigenvalue weighted by atomic mass is 9.80. The van der Waals surface area contributed by atoms with Crippen molar-refractivity contribution in [3.05, 3.63) is 59.9 Å². The van der Waals surface area contributed by atoms with Crippen LogP contribution < -0.4 is 5.32 Å². The van der Waals surface area contributed by atoms with E-state index in [1.54, 1.807) is 0 Å². The Kier molecular flexibility index (Phi) is 10.8. The lowest BCUT2D eigenvalue weighted by Crippen LogP contribution is -2.16. The first-order valence-corrected chi connectivity index (χ1v) is 12.2. The molecule has 0 aliphatic heterocycles. The molecule has 0 saturated carbocycles. The Morgan fingerprint density at radius 3 is 2.62 bits per heavy atom. The zero-order chi connectivity index (χ0) is 21.0. The molecule has 5 nitrogen and oxygen atoms in total. The molecule has 0 amide bonds. The maximum absolute atomic E-state index is 10.4. The summed E-state index contributed by atoms with van der Waals surface area (Å²) >= 11 is 1.86. The summed E-state index contributed by atoms with van der Waals surface area (Å²) < 4.78 is 15.0. The molecule has 1 atom stereocenters. The van der Waals surface area contributed by atoms with E-state index >= 15 is 0 Å². The molecule has 1 unspecified atom stereocenters. The van der Waals surface area contributed by atoms with E-state index < -0.39 is 8.25 Å². The fourth-order valence-corrected chi connectivity index (χ4v) is 4.21. The van der Waals surface area contributed by atoms with Gasteiger partial charge in [-0.2, -0.15) is 0 Å². The number of aromatic nitrogens is 1. The van der Waals surface area contributed by atoms with Crippen molar-refractivity contribution in [2.45, 2.75) is 56.4 Å². The van der Waals surface area contributed by atoms with Gasteiger partial charge in [0.2, 0.25) is 0 Å². The maximum atomic E-state index is 10.4. The number of hydrogen-bond donors (Lipinski definition) is 2. The van der Waals surface area contributed by atoms with Crippen LogP contribution in [-0.4, -0.2) is 28.8 Å². The summed E-state index contributed by atoms with van der Waals surface area (Å²) in [5, 5.41) is 3.26. The minimum atomic E-state index is -2.49. The predicted octanol–water partition coefficient (Wildman–Crippen LogP) is 5.47. The summed E-state index contributed by atoms with van der Waals surface area (Å²) in [4.78, 5) is 14.2. The first-order chi connectivity index (χ1) is 14.0. The molecule has 158 valence electrons. The average Bonchev–Trinajstić information content (AvgIpc) is 2.72. The summed E-state index contributed by atoms with van der Waals surface area (Å²) in [6, 6.07) is 14.9. The number of rotatable bonds is 14. The van der Waals surface area contributed by atoms with Gasteiger partial charge in [-0.25, -0.2) is 0 Å². The fourth-order valence-electron chi connectivity index (χ4n) is 3.05. The Morgan fingerprint density at radius 2 is 1.93 bits per heavy atom. The summed E-state index contributed by atoms with van der Waals surface area (Å²) in [6.07, 6.45) is 6.25. The summed E-state index contributed by atoms with van der Waals surface area (Å²) in [5.74, 6) is 1.11. The Bertz CT molecular complexity index is 727. The van der Waals surface area contributed by atoms with Gasteiger partial charge in [-0.1, -0.05) is 50.6 Å². The quantitative estimate of drug-likeness (QED) is 0.233. The predicted molar refractivity (Wildman–Crippen MR) is 120 cm³/mol. The first-order valence-electron chi connectivity index (χ1n) is 10.1. The number of nitrogens with one attached hydrogen (secondary N) is 1. The van der Waals surface area contributed by atoms with E-state index in [4.69, 9.17) is 4.89 Å². The number of nitrogens with zero attached hydrogens (tertiary/aromatic N) is 1. The lowest BCUT2D eigenvalue weighted by Gasteiger charge is -2.25. The Labute approximate surface area is 179 Å². The molecule has 29 heavy (non-hydrogen) atoms. The molecule has 1 heterocycles. The first kappa shape index (κ1) is 24.0. The zero-order valence-corrected chi connectivity index (χ0v) is 19.1. The molecule has 2 rings (SSSR count). The Morgan fingerprint density at radius 1 is 1.14 bits per heavy atom. The van der Waals surface area contributed by atoms with Crippen molar-refractivity contribution in [3.63, 3.8) is 0 Å². The molecule has 0 bridgehead atoms. The van der Waals surface area contributed by atoms with Gasteiger partial charge < -0.3 is 5.32 Å². The SMILES string of the molecule is CC(C)(CCCCSc1ccc(CNCCCO[P+](=O)O)nc1)c1ccccc1. The smallest absolute Gasteiger partial charge is 0.311 e. The minimum Gasteiger partial charge on any atom is -0.311 e. The van der Waals surface area contributed by atoms with Crippen LogP contribution in [0.15, 0.2) is 53.6 Å². The second-order valence-corrected chi connectivity index (χ2v) is 9.54. The van der Waals surface area contributed by atoms with Crippen molar-refractivity contribution in [2.75, 3.05) is 18.9 Å². The minimum absolute atomic E-state index is 0.226. The van der Waals surface area contributed by atoms with Gasteiger partial charge in [-0.05, 0) is 54.7 Å². The van der Waals surface area contributed by atoms with E-state index in [2.05, 4.69) is 71.1 Å². The fraction of sp³-hybridized carbons (Fsp3) is 0.500. The highest BCUT2D eigenvalue weighted by atomic mass is 32.2. The van der Waals surface area contributed by atoms with E-state index in [-0.39, 0.29) is 12.0 Å². The summed E-state index contributed by atoms with van der Waals surface area (Å²) in [5.41, 5.74) is 2.63. The van der Waals surface area contributed by atoms with Crippen molar-refractivity contribution in [3.8, 4) is 0 Å². The highest BCUT2D eigenvalue weighted by Crippen LogP contribution is 2.29. The van der Waals surface area contributed by atoms with Crippen LogP contribution >= 0.6 is 20.0 Å². The van der Waals surface area contributed by atoms with Crippen LogP contribution in [0.1, 0.15) is 50.8 Å². The third-order valence-electron chi connectivity index (χ3n) is 4.82. The van der Waals surface area contributed by atoms with Crippen LogP contribution in [-0.2, 0) is 21.0 Å². The van der Waals surface area contributed by atoms with Crippen LogP contribution in [0.3, 0.4) is 0 Å². The molecule has 7 heteroatoms. The molecule has 0 saturated heterocycles. The third kappa shape index (κ3) is 9.83. The largest absolute Gasteiger partial charge is 0.694 e. The van der Waals surface area contributed by atoms with E-state index in [1.165, 1.54) is 29.7 Å². The van der Waals surface area contributed by atoms with Crippen molar-refractivity contribution >= 4 is 20.0 Å². The maximum Gasteiger partial charge on any atom is 0.694 e. The molecule has 1 aromatic heterocycles. The molecule has 0 radical (unpaired) electrons. The van der Waals surface area contributed by atoms with Crippen molar-refractivity contribution in [1.29, 1.82) is 0 Å². The number of hydrogen-bond acceptors (Lipinski definition) is 5. The molecular formula is C22H32N2O3PS+. The molecule has 0 aliphatic rings. The Hall–Kier alpha value is -1.30. The van der Waals surface area contributed by atoms with E-state index in [0.29, 0.717) is 13.0 Å². The van der Waals surface area contributed by atoms with Crippen LogP contribution in [0.25, 0.3) is 0 Å². The standard InChI is InChI=1S/C22H31N2O3PS/c1-22(2,19-9-4-3-5-10-19)13-6-7-16-29-21-12-11-20(24-18-21)17-23-14-8-15-27-28(25)26/h3-5,9-12,18,23H,6-8,13-17H2,1-2H3/p+1. The highest BCUT2D eigenvalue weighted by molar-refractivity contribution is 7.99. The topological polar surface area (TPSA) is 71.5 Å². The van der Waals surface area contributed by atoms with Crippen LogP contribution in [0.5, 0.6) is 0 Å². The van der Waals surface area contributed by atoms with Crippen LogP contribution in [0, 0.1) is 0 Å². The van der Waals surface area contributed by atoms with Gasteiger partial charge in [-0.3, -0.25) is 4.98 Å². The zero-order valence-electron chi connectivity index (χ0n) is 17.3. The Balaban J connectivity index is 1.58. The monoisotopic (exact) mass is 435 g/mol. The van der Waals surface area contributed by atoms with Gasteiger partial charge in [0.05, 0.1) is 5.69 Å². The van der Waals surface area contributed by atoms with Gasteiger partial charge in [-0.15, -0.1) is 21.2 Å². The van der Waals surface area contributed by atoms with Crippen molar-refractivity contribution in [1.82, 2.24) is 10.3 Å². The normalized spacial score (nSPS) is 12.2. The second-order valence-electron chi connectivity index (χ2n) is 7.64. The van der Waals surface area contributed by atoms with Gasteiger partial charge in [0.15, 0.2) is 0 Å². The lowest BCUT2D eigenvalue weighted by molar-refractivity contribution is 0.276. The molecule has 2 aromatic rings. The van der Waals surface area contributed by atoms with Crippen molar-refractivity contribution in [2.24, 2.45) is 0 Å². The van der Waals surface area contributed by atoms with Crippen LogP contribution in [0.2, 0.25) is 0 Å². The number of pyridine rings is 1.